The van der Waals surface area contributed by atoms with E-state index in [1.54, 1.807) is 29.2 Å². The maximum atomic E-state index is 12.9. The fourth-order valence-corrected chi connectivity index (χ4v) is 5.43. The van der Waals surface area contributed by atoms with Gasteiger partial charge in [-0.15, -0.1) is 0 Å². The molecular weight excluding hydrogens is 494 g/mol. The molecule has 202 valence electrons. The highest BCUT2D eigenvalue weighted by Gasteiger charge is 2.30. The molecule has 2 saturated heterocycles. The zero-order chi connectivity index (χ0) is 26.6. The average Bonchev–Trinajstić information content (AvgIpc) is 2.85. The molecule has 0 aliphatic carbocycles. The van der Waals surface area contributed by atoms with Crippen LogP contribution in [0, 0.1) is 0 Å². The molecule has 0 radical (unpaired) electrons. The lowest BCUT2D eigenvalue weighted by atomic mass is 10.1. The molecule has 37 heavy (non-hydrogen) atoms. The summed E-state index contributed by atoms with van der Waals surface area (Å²) in [7, 11) is -3.75. The first kappa shape index (κ1) is 27.2. The Labute approximate surface area is 219 Å². The maximum absolute atomic E-state index is 12.9. The number of aromatic nitrogens is 1. The van der Waals surface area contributed by atoms with Crippen LogP contribution in [0.1, 0.15) is 33.3 Å². The monoisotopic (exact) mass is 531 g/mol. The van der Waals surface area contributed by atoms with Gasteiger partial charge in [-0.05, 0) is 57.5 Å². The topological polar surface area (TPSA) is 104 Å². The molecule has 0 spiro atoms. The number of ether oxygens (including phenoxy) is 2. The highest BCUT2D eigenvalue weighted by atomic mass is 32.2. The van der Waals surface area contributed by atoms with Crippen LogP contribution < -0.4 is 9.62 Å². The SMILES string of the molecule is C[C@H]1CN(Cc2ccc(NS(=O)(=O)c3ccc(N4CCOCC4)nc3)cc2)CCN1C(=O)OC(C)(C)C. The normalized spacial score (nSPS) is 19.5. The van der Waals surface area contributed by atoms with Gasteiger partial charge in [0, 0.05) is 57.2 Å². The van der Waals surface area contributed by atoms with Gasteiger partial charge in [0.25, 0.3) is 10.0 Å². The molecule has 1 amide bonds. The van der Waals surface area contributed by atoms with Crippen LogP contribution in [0.3, 0.4) is 0 Å². The number of pyridine rings is 1. The number of anilines is 2. The van der Waals surface area contributed by atoms with E-state index in [0.717, 1.165) is 37.6 Å². The van der Waals surface area contributed by atoms with E-state index in [0.29, 0.717) is 32.0 Å². The number of rotatable bonds is 6. The first-order chi connectivity index (χ1) is 17.5. The molecule has 4 rings (SSSR count). The van der Waals surface area contributed by atoms with E-state index in [9.17, 15) is 13.2 Å². The minimum absolute atomic E-state index is 0.0397. The number of amides is 1. The van der Waals surface area contributed by atoms with Gasteiger partial charge in [0.15, 0.2) is 0 Å². The van der Waals surface area contributed by atoms with Gasteiger partial charge in [-0.1, -0.05) is 12.1 Å². The van der Waals surface area contributed by atoms with E-state index < -0.39 is 15.6 Å². The molecule has 1 aromatic carbocycles. The third kappa shape index (κ3) is 7.33. The van der Waals surface area contributed by atoms with Crippen molar-refractivity contribution in [2.75, 3.05) is 55.6 Å². The first-order valence-corrected chi connectivity index (χ1v) is 14.1. The lowest BCUT2D eigenvalue weighted by Crippen LogP contribution is -2.54. The van der Waals surface area contributed by atoms with Crippen LogP contribution in [0.4, 0.5) is 16.3 Å². The van der Waals surface area contributed by atoms with Crippen molar-refractivity contribution in [3.63, 3.8) is 0 Å². The summed E-state index contributed by atoms with van der Waals surface area (Å²) in [5.41, 5.74) is 1.04. The minimum Gasteiger partial charge on any atom is -0.444 e. The second kappa shape index (κ2) is 11.2. The smallest absolute Gasteiger partial charge is 0.410 e. The molecule has 1 aromatic heterocycles. The fourth-order valence-electron chi connectivity index (χ4n) is 4.43. The lowest BCUT2D eigenvalue weighted by molar-refractivity contribution is 0.000557. The van der Waals surface area contributed by atoms with Crippen molar-refractivity contribution >= 4 is 27.6 Å². The van der Waals surface area contributed by atoms with Crippen LogP contribution in [0.5, 0.6) is 0 Å². The molecule has 0 saturated carbocycles. The highest BCUT2D eigenvalue weighted by molar-refractivity contribution is 7.92. The molecule has 0 unspecified atom stereocenters. The number of benzene rings is 1. The van der Waals surface area contributed by atoms with Gasteiger partial charge in [-0.25, -0.2) is 18.2 Å². The van der Waals surface area contributed by atoms with E-state index >= 15 is 0 Å². The third-order valence-corrected chi connectivity index (χ3v) is 7.68. The summed E-state index contributed by atoms with van der Waals surface area (Å²) in [4.78, 5) is 23.0. The number of carbonyl (C=O) groups is 1. The summed E-state index contributed by atoms with van der Waals surface area (Å²) >= 11 is 0. The molecule has 11 heteroatoms. The molecule has 1 atom stereocenters. The number of piperazine rings is 1. The molecule has 10 nitrogen and oxygen atoms in total. The number of hydrogen-bond acceptors (Lipinski definition) is 8. The van der Waals surface area contributed by atoms with E-state index in [-0.39, 0.29) is 17.0 Å². The van der Waals surface area contributed by atoms with Crippen LogP contribution in [0.15, 0.2) is 47.5 Å². The van der Waals surface area contributed by atoms with Gasteiger partial charge in [-0.2, -0.15) is 0 Å². The third-order valence-electron chi connectivity index (χ3n) is 6.32. The molecule has 2 aliphatic rings. The molecule has 2 aliphatic heterocycles. The quantitative estimate of drug-likeness (QED) is 0.606. The Morgan fingerprint density at radius 1 is 1.08 bits per heavy atom. The van der Waals surface area contributed by atoms with Crippen LogP contribution >= 0.6 is 0 Å². The van der Waals surface area contributed by atoms with Crippen LogP contribution in [-0.2, 0) is 26.0 Å². The first-order valence-electron chi connectivity index (χ1n) is 12.6. The van der Waals surface area contributed by atoms with Crippen LogP contribution in [0.25, 0.3) is 0 Å². The van der Waals surface area contributed by atoms with Crippen molar-refractivity contribution in [1.29, 1.82) is 0 Å². The summed E-state index contributed by atoms with van der Waals surface area (Å²) in [6.45, 7) is 13.2. The van der Waals surface area contributed by atoms with Crippen molar-refractivity contribution in [2.24, 2.45) is 0 Å². The Balaban J connectivity index is 1.31. The fraction of sp³-hybridized carbons (Fsp3) is 0.538. The zero-order valence-electron chi connectivity index (χ0n) is 22.0. The number of carbonyl (C=O) groups excluding carboxylic acids is 1. The summed E-state index contributed by atoms with van der Waals surface area (Å²) < 4.78 is 39.2. The van der Waals surface area contributed by atoms with Crippen molar-refractivity contribution < 1.29 is 22.7 Å². The van der Waals surface area contributed by atoms with Crippen LogP contribution in [-0.4, -0.2) is 86.9 Å². The van der Waals surface area contributed by atoms with Crippen LogP contribution in [0.2, 0.25) is 0 Å². The zero-order valence-corrected chi connectivity index (χ0v) is 22.8. The molecular formula is C26H37N5O5S. The van der Waals surface area contributed by atoms with Crippen molar-refractivity contribution in [2.45, 2.75) is 50.8 Å². The van der Waals surface area contributed by atoms with Gasteiger partial charge in [0.05, 0.1) is 13.2 Å². The van der Waals surface area contributed by atoms with E-state index in [1.807, 2.05) is 39.8 Å². The number of nitrogens with zero attached hydrogens (tertiary/aromatic N) is 4. The Bertz CT molecular complexity index is 1160. The summed E-state index contributed by atoms with van der Waals surface area (Å²) in [6.07, 6.45) is 1.11. The van der Waals surface area contributed by atoms with Crippen molar-refractivity contribution in [1.82, 2.24) is 14.8 Å². The maximum Gasteiger partial charge on any atom is 0.410 e. The Morgan fingerprint density at radius 2 is 1.78 bits per heavy atom. The predicted molar refractivity (Wildman–Crippen MR) is 142 cm³/mol. The van der Waals surface area contributed by atoms with Crippen molar-refractivity contribution in [3.8, 4) is 0 Å². The van der Waals surface area contributed by atoms with Gasteiger partial charge >= 0.3 is 6.09 Å². The number of morpholine rings is 1. The van der Waals surface area contributed by atoms with E-state index in [4.69, 9.17) is 9.47 Å². The number of hydrogen-bond donors (Lipinski definition) is 1. The molecule has 2 fully saturated rings. The number of sulfonamides is 1. The van der Waals surface area contributed by atoms with Crippen molar-refractivity contribution in [3.05, 3.63) is 48.2 Å². The largest absolute Gasteiger partial charge is 0.444 e. The summed E-state index contributed by atoms with van der Waals surface area (Å²) in [5, 5.41) is 0. The Kier molecular flexibility index (Phi) is 8.25. The second-order valence-electron chi connectivity index (χ2n) is 10.5. The number of nitrogens with one attached hydrogen (secondary N) is 1. The van der Waals surface area contributed by atoms with Gasteiger partial charge < -0.3 is 19.3 Å². The van der Waals surface area contributed by atoms with Gasteiger partial charge in [0.1, 0.15) is 16.3 Å². The average molecular weight is 532 g/mol. The summed E-state index contributed by atoms with van der Waals surface area (Å²) in [5.74, 6) is 0.743. The predicted octanol–water partition coefficient (Wildman–Crippen LogP) is 3.16. The Hall–Kier alpha value is -2.89. The van der Waals surface area contributed by atoms with Gasteiger partial charge in [-0.3, -0.25) is 9.62 Å². The van der Waals surface area contributed by atoms with E-state index in [2.05, 4.69) is 19.5 Å². The Morgan fingerprint density at radius 3 is 2.38 bits per heavy atom. The summed E-state index contributed by atoms with van der Waals surface area (Å²) in [6, 6.07) is 10.7. The molecule has 1 N–H and O–H groups in total. The minimum atomic E-state index is -3.75. The highest BCUT2D eigenvalue weighted by Crippen LogP contribution is 2.21. The lowest BCUT2D eigenvalue weighted by Gasteiger charge is -2.40. The molecule has 0 bridgehead atoms. The standard InChI is InChI=1S/C26H37N5O5S/c1-20-18-29(11-12-31(20)25(32)36-26(2,3)4)19-21-5-7-22(8-6-21)28-37(33,34)23-9-10-24(27-17-23)30-13-15-35-16-14-30/h5-10,17,20,28H,11-16,18-19H2,1-4H3/t20-/m0/s1. The second-order valence-corrected chi connectivity index (χ2v) is 12.2. The molecule has 2 aromatic rings. The van der Waals surface area contributed by atoms with E-state index in [1.165, 1.54) is 6.20 Å². The molecule has 3 heterocycles. The van der Waals surface area contributed by atoms with Gasteiger partial charge in [0.2, 0.25) is 0 Å².